The minimum Gasteiger partial charge on any atom is -0.370 e. The predicted molar refractivity (Wildman–Crippen MR) is 139 cm³/mol. The average molecular weight is 446 g/mol. The largest absolute Gasteiger partial charge is 0.370 e. The predicted octanol–water partition coefficient (Wildman–Crippen LogP) is 8.00. The molecule has 2 aromatic rings. The van der Waals surface area contributed by atoms with Crippen LogP contribution in [0.1, 0.15) is 67.7 Å². The molecule has 3 aliphatic rings. The zero-order valence-electron chi connectivity index (χ0n) is 19.5. The molecule has 0 saturated heterocycles. The van der Waals surface area contributed by atoms with Crippen LogP contribution in [0.2, 0.25) is 5.02 Å². The molecule has 0 radical (unpaired) electrons. The molecule has 1 heterocycles. The standard InChI is InChI=1S/C30H36ClN/c1-4-6-22-8-11-26(22)19-32-20-30(15-5-7-25-17-27(31)12-13-28(25)30)16-14-23-9-10-24(21(2)3)18-29(23)32/h4,9-10,12-13,17-18,22,26H,1-2,5-8,11,14-16,19-20H2,3H3. The number of allylic oxidation sites excluding steroid dienone is 2. The number of nitrogens with zero attached hydrogens (tertiary/aromatic N) is 1. The van der Waals surface area contributed by atoms with Gasteiger partial charge in [-0.15, -0.1) is 6.58 Å². The van der Waals surface area contributed by atoms with Crippen molar-refractivity contribution in [1.82, 2.24) is 0 Å². The summed E-state index contributed by atoms with van der Waals surface area (Å²) < 4.78 is 0. The highest BCUT2D eigenvalue weighted by Crippen LogP contribution is 2.47. The molecular weight excluding hydrogens is 410 g/mol. The second-order valence-corrected chi connectivity index (χ2v) is 11.0. The Balaban J connectivity index is 1.55. The Bertz CT molecular complexity index is 1040. The summed E-state index contributed by atoms with van der Waals surface area (Å²) in [5.41, 5.74) is 8.64. The molecule has 3 unspecified atom stereocenters. The lowest BCUT2D eigenvalue weighted by molar-refractivity contribution is 0.179. The van der Waals surface area contributed by atoms with Crippen molar-refractivity contribution >= 4 is 22.9 Å². The second kappa shape index (κ2) is 8.75. The van der Waals surface area contributed by atoms with Crippen molar-refractivity contribution in [3.05, 3.63) is 82.9 Å². The van der Waals surface area contributed by atoms with Crippen molar-refractivity contribution < 1.29 is 0 Å². The molecule has 1 fully saturated rings. The molecule has 0 N–H and O–H groups in total. The third-order valence-electron chi connectivity index (χ3n) is 8.52. The number of anilines is 1. The first-order chi connectivity index (χ1) is 15.5. The Hall–Kier alpha value is -1.99. The van der Waals surface area contributed by atoms with Gasteiger partial charge in [0.2, 0.25) is 0 Å². The minimum atomic E-state index is 0.220. The van der Waals surface area contributed by atoms with Gasteiger partial charge in [0.05, 0.1) is 0 Å². The van der Waals surface area contributed by atoms with E-state index in [1.807, 2.05) is 0 Å². The molecule has 5 rings (SSSR count). The zero-order chi connectivity index (χ0) is 22.3. The number of hydrogen-bond acceptors (Lipinski definition) is 1. The van der Waals surface area contributed by atoms with E-state index in [-0.39, 0.29) is 5.41 Å². The van der Waals surface area contributed by atoms with Gasteiger partial charge >= 0.3 is 0 Å². The lowest BCUT2D eigenvalue weighted by Crippen LogP contribution is -2.46. The van der Waals surface area contributed by atoms with Crippen molar-refractivity contribution in [2.24, 2.45) is 11.8 Å². The van der Waals surface area contributed by atoms with Crippen LogP contribution in [0.25, 0.3) is 5.57 Å². The van der Waals surface area contributed by atoms with Crippen LogP contribution in [0, 0.1) is 11.8 Å². The Morgan fingerprint density at radius 2 is 1.94 bits per heavy atom. The summed E-state index contributed by atoms with van der Waals surface area (Å²) in [6.45, 7) is 12.6. The summed E-state index contributed by atoms with van der Waals surface area (Å²) in [7, 11) is 0. The Labute approximate surface area is 199 Å². The molecule has 0 bridgehead atoms. The molecule has 168 valence electrons. The number of fused-ring (bicyclic) bond motifs is 3. The van der Waals surface area contributed by atoms with Gasteiger partial charge in [-0.25, -0.2) is 0 Å². The van der Waals surface area contributed by atoms with Crippen LogP contribution in [-0.4, -0.2) is 13.1 Å². The third kappa shape index (κ3) is 3.94. The first kappa shape index (κ1) is 21.8. The molecule has 32 heavy (non-hydrogen) atoms. The van der Waals surface area contributed by atoms with Gasteiger partial charge in [0.25, 0.3) is 0 Å². The molecule has 2 heteroatoms. The SMILES string of the molecule is C=CCC1CCC1CN1CC2(CCCc3cc(Cl)ccc32)CCc2ccc(C(=C)C)cc21. The number of halogens is 1. The summed E-state index contributed by atoms with van der Waals surface area (Å²) in [4.78, 5) is 2.76. The normalized spacial score (nSPS) is 26.6. The number of hydrogen-bond donors (Lipinski definition) is 0. The maximum absolute atomic E-state index is 6.40. The highest BCUT2D eigenvalue weighted by molar-refractivity contribution is 6.30. The molecular formula is C30H36ClN. The molecule has 0 aromatic heterocycles. The van der Waals surface area contributed by atoms with Crippen LogP contribution < -0.4 is 4.90 Å². The Kier molecular flexibility index (Phi) is 5.97. The van der Waals surface area contributed by atoms with Gasteiger partial charge < -0.3 is 4.90 Å². The smallest absolute Gasteiger partial charge is 0.0408 e. The topological polar surface area (TPSA) is 3.24 Å². The molecule has 2 aromatic carbocycles. The summed E-state index contributed by atoms with van der Waals surface area (Å²) >= 11 is 6.40. The van der Waals surface area contributed by atoms with E-state index >= 15 is 0 Å². The van der Waals surface area contributed by atoms with Crippen LogP contribution in [0.5, 0.6) is 0 Å². The van der Waals surface area contributed by atoms with E-state index in [4.69, 9.17) is 11.6 Å². The lowest BCUT2D eigenvalue weighted by atomic mass is 9.67. The zero-order valence-corrected chi connectivity index (χ0v) is 20.3. The van der Waals surface area contributed by atoms with Crippen LogP contribution in [0.15, 0.2) is 55.6 Å². The van der Waals surface area contributed by atoms with Crippen molar-refractivity contribution in [3.8, 4) is 0 Å². The van der Waals surface area contributed by atoms with E-state index in [2.05, 4.69) is 67.5 Å². The van der Waals surface area contributed by atoms with E-state index in [9.17, 15) is 0 Å². The van der Waals surface area contributed by atoms with E-state index in [0.717, 1.165) is 54.8 Å². The van der Waals surface area contributed by atoms with Crippen LogP contribution >= 0.6 is 11.6 Å². The molecule has 2 aliphatic carbocycles. The van der Waals surface area contributed by atoms with Crippen LogP contribution in [0.3, 0.4) is 0 Å². The summed E-state index contributed by atoms with van der Waals surface area (Å²) in [5.74, 6) is 1.58. The fraction of sp³-hybridized carbons (Fsp3) is 0.467. The lowest BCUT2D eigenvalue weighted by Gasteiger charge is -2.45. The van der Waals surface area contributed by atoms with Gasteiger partial charge in [0.1, 0.15) is 0 Å². The molecule has 1 saturated carbocycles. The monoisotopic (exact) mass is 445 g/mol. The van der Waals surface area contributed by atoms with E-state index < -0.39 is 0 Å². The summed E-state index contributed by atoms with van der Waals surface area (Å²) in [5, 5.41) is 0.877. The fourth-order valence-corrected chi connectivity index (χ4v) is 6.74. The van der Waals surface area contributed by atoms with Crippen molar-refractivity contribution in [2.45, 2.75) is 63.7 Å². The molecule has 1 nitrogen and oxygen atoms in total. The van der Waals surface area contributed by atoms with Gasteiger partial charge in [-0.3, -0.25) is 0 Å². The number of aryl methyl sites for hydroxylation is 2. The third-order valence-corrected chi connectivity index (χ3v) is 8.76. The number of benzene rings is 2. The minimum absolute atomic E-state index is 0.220. The van der Waals surface area contributed by atoms with Crippen molar-refractivity contribution in [2.75, 3.05) is 18.0 Å². The quantitative estimate of drug-likeness (QED) is 0.421. The van der Waals surface area contributed by atoms with E-state index in [1.54, 1.807) is 5.56 Å². The van der Waals surface area contributed by atoms with Gasteiger partial charge in [-0.1, -0.05) is 48.0 Å². The summed E-state index contributed by atoms with van der Waals surface area (Å²) in [6, 6.07) is 13.7. The molecule has 3 atom stereocenters. The highest BCUT2D eigenvalue weighted by Gasteiger charge is 2.41. The first-order valence-electron chi connectivity index (χ1n) is 12.4. The van der Waals surface area contributed by atoms with Gasteiger partial charge in [-0.05, 0) is 111 Å². The van der Waals surface area contributed by atoms with Crippen LogP contribution in [-0.2, 0) is 18.3 Å². The van der Waals surface area contributed by atoms with Crippen molar-refractivity contribution in [1.29, 1.82) is 0 Å². The van der Waals surface area contributed by atoms with Crippen molar-refractivity contribution in [3.63, 3.8) is 0 Å². The average Bonchev–Trinajstić information content (AvgIpc) is 2.92. The van der Waals surface area contributed by atoms with Gasteiger partial charge in [0.15, 0.2) is 0 Å². The Morgan fingerprint density at radius 1 is 1.09 bits per heavy atom. The first-order valence-corrected chi connectivity index (χ1v) is 12.8. The summed E-state index contributed by atoms with van der Waals surface area (Å²) in [6.07, 6.45) is 12.0. The molecule has 0 amide bonds. The molecule has 1 spiro atoms. The Morgan fingerprint density at radius 3 is 2.69 bits per heavy atom. The van der Waals surface area contributed by atoms with E-state index in [0.29, 0.717) is 0 Å². The highest BCUT2D eigenvalue weighted by atomic mass is 35.5. The fourth-order valence-electron chi connectivity index (χ4n) is 6.55. The maximum Gasteiger partial charge on any atom is 0.0408 e. The van der Waals surface area contributed by atoms with E-state index in [1.165, 1.54) is 54.5 Å². The second-order valence-electron chi connectivity index (χ2n) is 10.6. The molecule has 1 aliphatic heterocycles. The van der Waals surface area contributed by atoms with Gasteiger partial charge in [-0.2, -0.15) is 0 Å². The number of rotatable bonds is 5. The maximum atomic E-state index is 6.40. The van der Waals surface area contributed by atoms with Gasteiger partial charge in [0, 0.05) is 29.2 Å². The van der Waals surface area contributed by atoms with Crippen LogP contribution in [0.4, 0.5) is 5.69 Å².